The lowest BCUT2D eigenvalue weighted by Gasteiger charge is -2.15. The molecule has 6 heteroatoms. The number of benzene rings is 3. The third-order valence-electron chi connectivity index (χ3n) is 5.25. The van der Waals surface area contributed by atoms with Crippen molar-refractivity contribution in [3.8, 4) is 11.3 Å². The minimum Gasteiger partial charge on any atom is -0.479 e. The van der Waals surface area contributed by atoms with Crippen LogP contribution in [0.2, 0.25) is 0 Å². The monoisotopic (exact) mass is 427 g/mol. The maximum atomic E-state index is 12.6. The molecular formula is C26H21NO5. The molecule has 2 N–H and O–H groups in total. The van der Waals surface area contributed by atoms with Gasteiger partial charge in [-0.2, -0.15) is 0 Å². The Labute approximate surface area is 184 Å². The van der Waals surface area contributed by atoms with E-state index in [4.69, 9.17) is 4.42 Å². The molecule has 1 aromatic heterocycles. The Morgan fingerprint density at radius 2 is 1.62 bits per heavy atom. The van der Waals surface area contributed by atoms with E-state index in [-0.39, 0.29) is 5.43 Å². The number of carboxylic acid groups (broad SMARTS) is 1. The van der Waals surface area contributed by atoms with Crippen molar-refractivity contribution in [3.05, 3.63) is 105 Å². The molecule has 32 heavy (non-hydrogen) atoms. The molecule has 0 fully saturated rings. The second kappa shape index (κ2) is 8.51. The first-order valence-corrected chi connectivity index (χ1v) is 10.1. The quantitative estimate of drug-likeness (QED) is 0.484. The molecular weight excluding hydrogens is 406 g/mol. The van der Waals surface area contributed by atoms with E-state index in [1.165, 1.54) is 6.07 Å². The largest absolute Gasteiger partial charge is 0.479 e. The Morgan fingerprint density at radius 1 is 0.938 bits per heavy atom. The highest BCUT2D eigenvalue weighted by atomic mass is 16.4. The van der Waals surface area contributed by atoms with Crippen LogP contribution in [0, 0.1) is 13.8 Å². The van der Waals surface area contributed by atoms with Crippen LogP contribution < -0.4 is 10.7 Å². The van der Waals surface area contributed by atoms with E-state index in [1.54, 1.807) is 60.7 Å². The summed E-state index contributed by atoms with van der Waals surface area (Å²) in [5.74, 6) is -1.27. The van der Waals surface area contributed by atoms with Crippen LogP contribution >= 0.6 is 0 Å². The summed E-state index contributed by atoms with van der Waals surface area (Å²) in [5.41, 5.74) is 3.67. The van der Waals surface area contributed by atoms with Crippen LogP contribution in [0.15, 0.2) is 82.0 Å². The maximum Gasteiger partial charge on any atom is 0.330 e. The van der Waals surface area contributed by atoms with E-state index in [2.05, 4.69) is 5.32 Å². The van der Waals surface area contributed by atoms with Crippen LogP contribution in [0.4, 0.5) is 0 Å². The van der Waals surface area contributed by atoms with Gasteiger partial charge in [0, 0.05) is 17.2 Å². The first kappa shape index (κ1) is 21.1. The van der Waals surface area contributed by atoms with Gasteiger partial charge in [-0.05, 0) is 48.7 Å². The van der Waals surface area contributed by atoms with Crippen molar-refractivity contribution in [2.45, 2.75) is 19.9 Å². The van der Waals surface area contributed by atoms with E-state index in [9.17, 15) is 19.5 Å². The molecule has 0 aliphatic carbocycles. The predicted molar refractivity (Wildman–Crippen MR) is 122 cm³/mol. The fourth-order valence-electron chi connectivity index (χ4n) is 3.68. The molecule has 1 atom stereocenters. The van der Waals surface area contributed by atoms with E-state index in [1.807, 2.05) is 19.9 Å². The van der Waals surface area contributed by atoms with Crippen molar-refractivity contribution in [1.82, 2.24) is 5.32 Å². The number of carbonyl (C=O) groups excluding carboxylic acids is 1. The van der Waals surface area contributed by atoms with Gasteiger partial charge in [0.05, 0.1) is 5.39 Å². The molecule has 4 rings (SSSR count). The maximum absolute atomic E-state index is 12.6. The van der Waals surface area contributed by atoms with Gasteiger partial charge < -0.3 is 14.8 Å². The summed E-state index contributed by atoms with van der Waals surface area (Å²) in [5, 5.41) is 12.6. The molecule has 0 aliphatic rings. The molecule has 3 aromatic carbocycles. The van der Waals surface area contributed by atoms with Gasteiger partial charge in [-0.15, -0.1) is 0 Å². The Bertz CT molecular complexity index is 1370. The van der Waals surface area contributed by atoms with Crippen molar-refractivity contribution < 1.29 is 19.1 Å². The number of rotatable bonds is 5. The molecule has 0 bridgehead atoms. The minimum atomic E-state index is -1.16. The van der Waals surface area contributed by atoms with Crippen molar-refractivity contribution >= 4 is 22.8 Å². The number of hydrogen-bond donors (Lipinski definition) is 2. The number of carbonyl (C=O) groups is 2. The molecule has 0 spiro atoms. The highest BCUT2D eigenvalue weighted by Crippen LogP contribution is 2.25. The second-order valence-corrected chi connectivity index (χ2v) is 7.67. The minimum absolute atomic E-state index is 0.137. The summed E-state index contributed by atoms with van der Waals surface area (Å²) in [6.07, 6.45) is 0. The van der Waals surface area contributed by atoms with Crippen LogP contribution in [0.3, 0.4) is 0 Å². The van der Waals surface area contributed by atoms with Gasteiger partial charge in [0.25, 0.3) is 5.91 Å². The van der Waals surface area contributed by atoms with E-state index in [0.717, 1.165) is 11.1 Å². The molecule has 0 aliphatic heterocycles. The van der Waals surface area contributed by atoms with Crippen molar-refractivity contribution in [2.75, 3.05) is 0 Å². The fraction of sp³-hybridized carbons (Fsp3) is 0.115. The SMILES string of the molecule is Cc1cc(C)c2oc(-c3ccc(C(=O)N[C@H](C(=O)O)c4ccccc4)cc3)cc(=O)c2c1. The number of hydrogen-bond acceptors (Lipinski definition) is 4. The number of fused-ring (bicyclic) bond motifs is 1. The van der Waals surface area contributed by atoms with Gasteiger partial charge in [0.2, 0.25) is 0 Å². The number of nitrogens with one attached hydrogen (secondary N) is 1. The van der Waals surface area contributed by atoms with Crippen LogP contribution in [-0.2, 0) is 4.79 Å². The number of aliphatic carboxylic acids is 1. The van der Waals surface area contributed by atoms with Crippen LogP contribution in [0.25, 0.3) is 22.3 Å². The van der Waals surface area contributed by atoms with Gasteiger partial charge in [-0.1, -0.05) is 48.5 Å². The number of aryl methyl sites for hydroxylation is 2. The summed E-state index contributed by atoms with van der Waals surface area (Å²) >= 11 is 0. The third-order valence-corrected chi connectivity index (χ3v) is 5.25. The first-order chi connectivity index (χ1) is 15.3. The van der Waals surface area contributed by atoms with Crippen LogP contribution in [0.1, 0.15) is 33.1 Å². The van der Waals surface area contributed by atoms with Gasteiger partial charge in [0.15, 0.2) is 11.5 Å². The van der Waals surface area contributed by atoms with E-state index < -0.39 is 17.9 Å². The fourth-order valence-corrected chi connectivity index (χ4v) is 3.68. The number of carboxylic acids is 1. The molecule has 0 unspecified atom stereocenters. The zero-order valence-corrected chi connectivity index (χ0v) is 17.6. The van der Waals surface area contributed by atoms with Gasteiger partial charge in [-0.3, -0.25) is 9.59 Å². The average Bonchev–Trinajstić information content (AvgIpc) is 2.78. The summed E-state index contributed by atoms with van der Waals surface area (Å²) in [6.45, 7) is 3.82. The summed E-state index contributed by atoms with van der Waals surface area (Å²) < 4.78 is 5.99. The molecule has 0 radical (unpaired) electrons. The van der Waals surface area contributed by atoms with Crippen molar-refractivity contribution in [1.29, 1.82) is 0 Å². The van der Waals surface area contributed by atoms with Crippen LogP contribution in [0.5, 0.6) is 0 Å². The van der Waals surface area contributed by atoms with E-state index in [0.29, 0.717) is 33.4 Å². The molecule has 1 amide bonds. The number of amides is 1. The van der Waals surface area contributed by atoms with Gasteiger partial charge in [-0.25, -0.2) is 4.79 Å². The Balaban J connectivity index is 1.61. The zero-order chi connectivity index (χ0) is 22.8. The van der Waals surface area contributed by atoms with E-state index >= 15 is 0 Å². The molecule has 0 saturated heterocycles. The second-order valence-electron chi connectivity index (χ2n) is 7.67. The lowest BCUT2D eigenvalue weighted by molar-refractivity contribution is -0.139. The highest BCUT2D eigenvalue weighted by Gasteiger charge is 2.22. The zero-order valence-electron chi connectivity index (χ0n) is 17.6. The normalized spacial score (nSPS) is 11.8. The molecule has 4 aromatic rings. The Hall–Kier alpha value is -4.19. The van der Waals surface area contributed by atoms with Gasteiger partial charge in [0.1, 0.15) is 11.3 Å². The molecule has 1 heterocycles. The van der Waals surface area contributed by atoms with Crippen molar-refractivity contribution in [3.63, 3.8) is 0 Å². The average molecular weight is 427 g/mol. The third kappa shape index (κ3) is 4.16. The lowest BCUT2D eigenvalue weighted by atomic mass is 10.0. The highest BCUT2D eigenvalue weighted by molar-refractivity contribution is 5.97. The Kier molecular flexibility index (Phi) is 5.60. The van der Waals surface area contributed by atoms with Crippen LogP contribution in [-0.4, -0.2) is 17.0 Å². The van der Waals surface area contributed by atoms with Crippen molar-refractivity contribution in [2.24, 2.45) is 0 Å². The lowest BCUT2D eigenvalue weighted by Crippen LogP contribution is -2.33. The standard InChI is InChI=1S/C26H21NO5/c1-15-12-16(2)24-20(13-15)21(28)14-22(32-24)17-8-10-19(11-9-17)25(29)27-23(26(30)31)18-6-4-3-5-7-18/h3-14,23H,1-2H3,(H,27,29)(H,30,31)/t23-/m0/s1. The summed E-state index contributed by atoms with van der Waals surface area (Å²) in [7, 11) is 0. The first-order valence-electron chi connectivity index (χ1n) is 10.1. The topological polar surface area (TPSA) is 96.6 Å². The summed E-state index contributed by atoms with van der Waals surface area (Å²) in [4.78, 5) is 36.9. The summed E-state index contributed by atoms with van der Waals surface area (Å²) in [6, 6.07) is 19.0. The predicted octanol–water partition coefficient (Wildman–Crippen LogP) is 4.63. The molecule has 0 saturated carbocycles. The Morgan fingerprint density at radius 3 is 2.28 bits per heavy atom. The molecule has 160 valence electrons. The molecule has 6 nitrogen and oxygen atoms in total. The smallest absolute Gasteiger partial charge is 0.330 e. The van der Waals surface area contributed by atoms with Gasteiger partial charge >= 0.3 is 5.97 Å².